The number of nitrogens with zero attached hydrogens (tertiary/aromatic N) is 2. The van der Waals surface area contributed by atoms with E-state index in [2.05, 4.69) is 4.98 Å². The summed E-state index contributed by atoms with van der Waals surface area (Å²) in [4.78, 5) is 17.6. The summed E-state index contributed by atoms with van der Waals surface area (Å²) in [6.07, 6.45) is 0. The van der Waals surface area contributed by atoms with Crippen LogP contribution >= 0.6 is 11.3 Å². The first-order valence-electron chi connectivity index (χ1n) is 6.44. The van der Waals surface area contributed by atoms with E-state index in [0.717, 1.165) is 19.9 Å². The molecule has 110 valence electrons. The van der Waals surface area contributed by atoms with E-state index < -0.39 is 15.9 Å². The molecule has 1 aromatic carbocycles. The topological polar surface area (TPSA) is 67.3 Å². The number of hydrogen-bond donors (Lipinski definition) is 0. The molecule has 3 rings (SSSR count). The van der Waals surface area contributed by atoms with Crippen LogP contribution in [-0.2, 0) is 22.3 Å². The van der Waals surface area contributed by atoms with Gasteiger partial charge in [-0.2, -0.15) is 0 Å². The van der Waals surface area contributed by atoms with Crippen molar-refractivity contribution in [2.24, 2.45) is 0 Å². The van der Waals surface area contributed by atoms with Gasteiger partial charge in [-0.25, -0.2) is 17.7 Å². The fourth-order valence-corrected chi connectivity index (χ4v) is 4.90. The van der Waals surface area contributed by atoms with Gasteiger partial charge in [-0.05, 0) is 25.5 Å². The molecule has 21 heavy (non-hydrogen) atoms. The second-order valence-corrected chi connectivity index (χ2v) is 8.15. The SMILES string of the molecule is Cc1nc(C)c(CN2C(=O)c3ccccc3CS2(=O)=O)s1. The lowest BCUT2D eigenvalue weighted by Crippen LogP contribution is -2.41. The van der Waals surface area contributed by atoms with E-state index in [4.69, 9.17) is 0 Å². The minimum Gasteiger partial charge on any atom is -0.268 e. The molecule has 0 fully saturated rings. The van der Waals surface area contributed by atoms with Gasteiger partial charge in [-0.1, -0.05) is 18.2 Å². The van der Waals surface area contributed by atoms with E-state index in [1.807, 2.05) is 13.8 Å². The molecule has 0 bridgehead atoms. The Morgan fingerprint density at radius 3 is 2.67 bits per heavy atom. The van der Waals surface area contributed by atoms with Crippen LogP contribution in [0.2, 0.25) is 0 Å². The largest absolute Gasteiger partial charge is 0.268 e. The highest BCUT2D eigenvalue weighted by Crippen LogP contribution is 2.28. The van der Waals surface area contributed by atoms with Crippen LogP contribution < -0.4 is 0 Å². The molecule has 2 heterocycles. The summed E-state index contributed by atoms with van der Waals surface area (Å²) in [5.41, 5.74) is 1.81. The summed E-state index contributed by atoms with van der Waals surface area (Å²) in [7, 11) is -3.63. The number of rotatable bonds is 2. The quantitative estimate of drug-likeness (QED) is 0.850. The van der Waals surface area contributed by atoms with Crippen LogP contribution in [0.15, 0.2) is 24.3 Å². The molecule has 1 aromatic heterocycles. The number of carbonyl (C=O) groups is 1. The Morgan fingerprint density at radius 1 is 1.29 bits per heavy atom. The number of benzene rings is 1. The molecule has 7 heteroatoms. The molecule has 0 saturated carbocycles. The highest BCUT2D eigenvalue weighted by Gasteiger charge is 2.36. The number of carbonyl (C=O) groups excluding carboxylic acids is 1. The Hall–Kier alpha value is -1.73. The molecule has 1 amide bonds. The van der Waals surface area contributed by atoms with Crippen molar-refractivity contribution in [3.05, 3.63) is 51.0 Å². The fraction of sp³-hybridized carbons (Fsp3) is 0.286. The Morgan fingerprint density at radius 2 is 2.00 bits per heavy atom. The van der Waals surface area contributed by atoms with Crippen LogP contribution in [-0.4, -0.2) is 23.6 Å². The standard InChI is InChI=1S/C14H14N2O3S2/c1-9-13(20-10(2)15-9)7-16-14(17)12-6-4-3-5-11(12)8-21(16,18)19/h3-6H,7-8H2,1-2H3. The first-order chi connectivity index (χ1) is 9.88. The zero-order chi connectivity index (χ0) is 15.2. The average molecular weight is 322 g/mol. The number of amides is 1. The van der Waals surface area contributed by atoms with Crippen LogP contribution in [0.1, 0.15) is 31.5 Å². The lowest BCUT2D eigenvalue weighted by Gasteiger charge is -2.27. The summed E-state index contributed by atoms with van der Waals surface area (Å²) < 4.78 is 25.7. The van der Waals surface area contributed by atoms with Crippen molar-refractivity contribution in [3.8, 4) is 0 Å². The zero-order valence-corrected chi connectivity index (χ0v) is 13.3. The van der Waals surface area contributed by atoms with Crippen LogP contribution in [0.5, 0.6) is 0 Å². The number of fused-ring (bicyclic) bond motifs is 1. The van der Waals surface area contributed by atoms with Gasteiger partial charge in [0.1, 0.15) is 0 Å². The summed E-state index contributed by atoms with van der Waals surface area (Å²) in [6.45, 7) is 3.75. The van der Waals surface area contributed by atoms with Crippen LogP contribution in [0.25, 0.3) is 0 Å². The maximum atomic E-state index is 12.5. The second-order valence-electron chi connectivity index (χ2n) is 4.97. The van der Waals surface area contributed by atoms with Gasteiger partial charge in [0.25, 0.3) is 5.91 Å². The predicted molar refractivity (Wildman–Crippen MR) is 80.5 cm³/mol. The number of aryl methyl sites for hydroxylation is 2. The molecule has 0 atom stereocenters. The van der Waals surface area contributed by atoms with Crippen molar-refractivity contribution >= 4 is 27.3 Å². The maximum absolute atomic E-state index is 12.5. The van der Waals surface area contributed by atoms with Gasteiger partial charge in [0.05, 0.1) is 23.0 Å². The minimum atomic E-state index is -3.63. The third-order valence-corrected chi connectivity index (χ3v) is 6.13. The van der Waals surface area contributed by atoms with Gasteiger partial charge in [0.2, 0.25) is 10.0 Å². The highest BCUT2D eigenvalue weighted by molar-refractivity contribution is 7.89. The summed E-state index contributed by atoms with van der Waals surface area (Å²) >= 11 is 1.42. The third kappa shape index (κ3) is 2.47. The first kappa shape index (κ1) is 14.2. The van der Waals surface area contributed by atoms with Crippen LogP contribution in [0.3, 0.4) is 0 Å². The number of aromatic nitrogens is 1. The van der Waals surface area contributed by atoms with E-state index >= 15 is 0 Å². The molecule has 2 aromatic rings. The van der Waals surface area contributed by atoms with Crippen molar-refractivity contribution < 1.29 is 13.2 Å². The molecule has 0 aliphatic carbocycles. The molecule has 1 aliphatic rings. The Labute approximate surface area is 127 Å². The molecule has 0 spiro atoms. The average Bonchev–Trinajstić information content (AvgIpc) is 2.72. The summed E-state index contributed by atoms with van der Waals surface area (Å²) in [6, 6.07) is 6.84. The van der Waals surface area contributed by atoms with E-state index in [1.165, 1.54) is 11.3 Å². The van der Waals surface area contributed by atoms with E-state index in [9.17, 15) is 13.2 Å². The Bertz CT molecular complexity index is 824. The molecule has 0 unspecified atom stereocenters. The Kier molecular flexibility index (Phi) is 3.33. The summed E-state index contributed by atoms with van der Waals surface area (Å²) in [5, 5.41) is 0.866. The molecule has 0 N–H and O–H groups in total. The smallest absolute Gasteiger partial charge is 0.268 e. The number of hydrogen-bond acceptors (Lipinski definition) is 5. The van der Waals surface area contributed by atoms with Crippen molar-refractivity contribution in [1.29, 1.82) is 0 Å². The first-order valence-corrected chi connectivity index (χ1v) is 8.86. The van der Waals surface area contributed by atoms with E-state index in [-0.39, 0.29) is 12.3 Å². The van der Waals surface area contributed by atoms with Crippen molar-refractivity contribution in [3.63, 3.8) is 0 Å². The third-order valence-electron chi connectivity index (χ3n) is 3.43. The van der Waals surface area contributed by atoms with Gasteiger partial charge < -0.3 is 0 Å². The van der Waals surface area contributed by atoms with E-state index in [0.29, 0.717) is 11.1 Å². The predicted octanol–water partition coefficient (Wildman–Crippen LogP) is 2.25. The van der Waals surface area contributed by atoms with Gasteiger partial charge in [0.15, 0.2) is 0 Å². The molecular weight excluding hydrogens is 308 g/mol. The zero-order valence-electron chi connectivity index (χ0n) is 11.7. The van der Waals surface area contributed by atoms with Crippen LogP contribution in [0, 0.1) is 13.8 Å². The lowest BCUT2D eigenvalue weighted by molar-refractivity contribution is 0.0850. The summed E-state index contributed by atoms with van der Waals surface area (Å²) in [5.74, 6) is -0.589. The number of thiazole rings is 1. The van der Waals surface area contributed by atoms with Gasteiger partial charge in [-0.15, -0.1) is 11.3 Å². The molecule has 1 aliphatic heterocycles. The molecular formula is C14H14N2O3S2. The highest BCUT2D eigenvalue weighted by atomic mass is 32.2. The number of sulfonamides is 1. The normalized spacial score (nSPS) is 16.9. The van der Waals surface area contributed by atoms with Gasteiger partial charge >= 0.3 is 0 Å². The van der Waals surface area contributed by atoms with E-state index in [1.54, 1.807) is 24.3 Å². The van der Waals surface area contributed by atoms with Gasteiger partial charge in [0, 0.05) is 10.4 Å². The van der Waals surface area contributed by atoms with Crippen LogP contribution in [0.4, 0.5) is 0 Å². The molecule has 0 saturated heterocycles. The van der Waals surface area contributed by atoms with Gasteiger partial charge in [-0.3, -0.25) is 4.79 Å². The van der Waals surface area contributed by atoms with Crippen molar-refractivity contribution in [2.75, 3.05) is 0 Å². The van der Waals surface area contributed by atoms with Crippen molar-refractivity contribution in [1.82, 2.24) is 9.29 Å². The maximum Gasteiger partial charge on any atom is 0.268 e. The molecule has 5 nitrogen and oxygen atoms in total. The lowest BCUT2D eigenvalue weighted by atomic mass is 10.1. The second kappa shape index (κ2) is 4.92. The monoisotopic (exact) mass is 322 g/mol. The minimum absolute atomic E-state index is 0.0623. The Balaban J connectivity index is 2.02. The van der Waals surface area contributed by atoms with Crippen molar-refractivity contribution in [2.45, 2.75) is 26.1 Å². The molecule has 0 radical (unpaired) electrons. The fourth-order valence-electron chi connectivity index (χ4n) is 2.41.